The van der Waals surface area contributed by atoms with Crippen molar-refractivity contribution < 1.29 is 13.9 Å². The van der Waals surface area contributed by atoms with Gasteiger partial charge in [0.05, 0.1) is 11.6 Å². The minimum atomic E-state index is -0.756. The van der Waals surface area contributed by atoms with Gasteiger partial charge in [0.1, 0.15) is 5.82 Å². The molecule has 4 N–H and O–H groups in total. The van der Waals surface area contributed by atoms with E-state index in [0.717, 1.165) is 0 Å². The van der Waals surface area contributed by atoms with Crippen LogP contribution >= 0.6 is 23.2 Å². The molecule has 6 nitrogen and oxygen atoms in total. The Balaban J connectivity index is 2.10. The van der Waals surface area contributed by atoms with Crippen molar-refractivity contribution in [3.8, 4) is 5.75 Å². The summed E-state index contributed by atoms with van der Waals surface area (Å²) in [6.07, 6.45) is 0.239. The predicted molar refractivity (Wildman–Crippen MR) is 80.6 cm³/mol. The highest BCUT2D eigenvalue weighted by atomic mass is 35.5. The largest absolute Gasteiger partial charge is 0.489 e. The molecule has 0 atom stereocenters. The average Bonchev–Trinajstić information content (AvgIpc) is 2.48. The van der Waals surface area contributed by atoms with Gasteiger partial charge in [-0.25, -0.2) is 4.39 Å². The lowest BCUT2D eigenvalue weighted by molar-refractivity contribution is 0.0994. The number of nitrogens with two attached hydrogens (primary N) is 2. The van der Waals surface area contributed by atoms with Crippen LogP contribution in [0.2, 0.25) is 10.0 Å². The lowest BCUT2D eigenvalue weighted by atomic mass is 10.1. The van der Waals surface area contributed by atoms with E-state index in [4.69, 9.17) is 39.4 Å². The topological polar surface area (TPSA) is 104 Å². The first kappa shape index (κ1) is 16.3. The summed E-state index contributed by atoms with van der Waals surface area (Å²) in [5.74, 6) is -1.18. The Bertz CT molecular complexity index is 727. The van der Waals surface area contributed by atoms with Crippen molar-refractivity contribution in [2.75, 3.05) is 12.3 Å². The zero-order chi connectivity index (χ0) is 16.3. The number of aromatic nitrogens is 2. The van der Waals surface area contributed by atoms with Gasteiger partial charge in [-0.05, 0) is 17.7 Å². The number of primary amides is 1. The third-order valence-corrected chi connectivity index (χ3v) is 3.55. The summed E-state index contributed by atoms with van der Waals surface area (Å²) in [6, 6.07) is 3.87. The second kappa shape index (κ2) is 6.76. The molecule has 0 aliphatic heterocycles. The molecular formula is C13H11Cl2FN4O2. The molecule has 1 aromatic heterocycles. The average molecular weight is 345 g/mol. The van der Waals surface area contributed by atoms with Crippen LogP contribution < -0.4 is 16.2 Å². The van der Waals surface area contributed by atoms with Gasteiger partial charge in [0.25, 0.3) is 5.91 Å². The summed E-state index contributed by atoms with van der Waals surface area (Å²) in [4.78, 5) is 11.0. The van der Waals surface area contributed by atoms with Gasteiger partial charge < -0.3 is 16.2 Å². The van der Waals surface area contributed by atoms with Crippen molar-refractivity contribution >= 4 is 34.9 Å². The van der Waals surface area contributed by atoms with Crippen LogP contribution in [-0.4, -0.2) is 22.7 Å². The highest BCUT2D eigenvalue weighted by Crippen LogP contribution is 2.28. The first-order valence-electron chi connectivity index (χ1n) is 6.08. The zero-order valence-electron chi connectivity index (χ0n) is 11.1. The van der Waals surface area contributed by atoms with Crippen LogP contribution in [0.3, 0.4) is 0 Å². The van der Waals surface area contributed by atoms with E-state index in [1.54, 1.807) is 0 Å². The molecule has 0 radical (unpaired) electrons. The number of carbonyl (C=O) groups is 1. The highest BCUT2D eigenvalue weighted by Gasteiger charge is 2.13. The van der Waals surface area contributed by atoms with Gasteiger partial charge in [-0.15, -0.1) is 10.2 Å². The van der Waals surface area contributed by atoms with Crippen LogP contribution in [0.4, 0.5) is 10.2 Å². The molecule has 116 valence electrons. The maximum absolute atomic E-state index is 13.4. The summed E-state index contributed by atoms with van der Waals surface area (Å²) in [5.41, 5.74) is 11.0. The van der Waals surface area contributed by atoms with E-state index in [2.05, 4.69) is 10.2 Å². The maximum Gasteiger partial charge on any atom is 0.269 e. The summed E-state index contributed by atoms with van der Waals surface area (Å²) in [6.45, 7) is 0.0942. The van der Waals surface area contributed by atoms with E-state index >= 15 is 0 Å². The Morgan fingerprint density at radius 2 is 2.05 bits per heavy atom. The molecule has 0 spiro atoms. The molecule has 0 saturated carbocycles. The second-order valence-corrected chi connectivity index (χ2v) is 5.05. The van der Waals surface area contributed by atoms with Crippen molar-refractivity contribution in [3.63, 3.8) is 0 Å². The predicted octanol–water partition coefficient (Wildman–Crippen LogP) is 2.23. The minimum Gasteiger partial charge on any atom is -0.489 e. The van der Waals surface area contributed by atoms with Gasteiger partial charge in [-0.2, -0.15) is 0 Å². The fraction of sp³-hybridized carbons (Fsp3) is 0.154. The van der Waals surface area contributed by atoms with Crippen molar-refractivity contribution in [3.05, 3.63) is 45.3 Å². The lowest BCUT2D eigenvalue weighted by Crippen LogP contribution is -2.15. The molecular weight excluding hydrogens is 334 g/mol. The van der Waals surface area contributed by atoms with Gasteiger partial charge in [0, 0.05) is 17.5 Å². The number of anilines is 1. The Morgan fingerprint density at radius 3 is 2.73 bits per heavy atom. The number of ether oxygens (including phenoxy) is 1. The third-order valence-electron chi connectivity index (χ3n) is 2.79. The summed E-state index contributed by atoms with van der Waals surface area (Å²) >= 11 is 11.8. The Hall–Kier alpha value is -2.12. The molecule has 0 aliphatic rings. The number of halogens is 3. The van der Waals surface area contributed by atoms with Gasteiger partial charge in [0.15, 0.2) is 17.3 Å². The van der Waals surface area contributed by atoms with Gasteiger partial charge in [-0.1, -0.05) is 23.2 Å². The van der Waals surface area contributed by atoms with Crippen LogP contribution in [0.15, 0.2) is 18.2 Å². The molecule has 1 aromatic carbocycles. The maximum atomic E-state index is 13.4. The molecule has 0 fully saturated rings. The van der Waals surface area contributed by atoms with Crippen molar-refractivity contribution in [1.29, 1.82) is 0 Å². The van der Waals surface area contributed by atoms with Crippen molar-refractivity contribution in [2.45, 2.75) is 6.42 Å². The molecule has 22 heavy (non-hydrogen) atoms. The van der Waals surface area contributed by atoms with Gasteiger partial charge >= 0.3 is 0 Å². The van der Waals surface area contributed by atoms with E-state index in [-0.39, 0.29) is 35.3 Å². The van der Waals surface area contributed by atoms with Crippen LogP contribution in [0.5, 0.6) is 5.75 Å². The molecule has 2 rings (SSSR count). The van der Waals surface area contributed by atoms with Crippen LogP contribution in [-0.2, 0) is 6.42 Å². The Labute approximate surface area is 135 Å². The fourth-order valence-electron chi connectivity index (χ4n) is 1.68. The van der Waals surface area contributed by atoms with E-state index in [9.17, 15) is 9.18 Å². The Kier molecular flexibility index (Phi) is 4.99. The fourth-order valence-corrected chi connectivity index (χ4v) is 2.24. The Morgan fingerprint density at radius 1 is 1.32 bits per heavy atom. The number of hydrogen-bond acceptors (Lipinski definition) is 5. The summed E-state index contributed by atoms with van der Waals surface area (Å²) in [5, 5.41) is 7.36. The second-order valence-electron chi connectivity index (χ2n) is 4.26. The lowest BCUT2D eigenvalue weighted by Gasteiger charge is -2.10. The van der Waals surface area contributed by atoms with E-state index in [1.165, 1.54) is 18.2 Å². The van der Waals surface area contributed by atoms with Crippen molar-refractivity contribution in [2.24, 2.45) is 5.73 Å². The smallest absolute Gasteiger partial charge is 0.269 e. The van der Waals surface area contributed by atoms with Crippen LogP contribution in [0.25, 0.3) is 0 Å². The minimum absolute atomic E-state index is 0.00133. The highest BCUT2D eigenvalue weighted by molar-refractivity contribution is 6.36. The molecule has 1 heterocycles. The first-order valence-corrected chi connectivity index (χ1v) is 6.84. The van der Waals surface area contributed by atoms with Crippen LogP contribution in [0.1, 0.15) is 16.1 Å². The number of rotatable bonds is 5. The third kappa shape index (κ3) is 3.55. The quantitative estimate of drug-likeness (QED) is 0.809. The van der Waals surface area contributed by atoms with E-state index < -0.39 is 11.7 Å². The normalized spacial score (nSPS) is 10.5. The summed E-state index contributed by atoms with van der Waals surface area (Å²) in [7, 11) is 0. The standard InChI is InChI=1S/C13H11Cl2FN4O2/c14-7-1-2-8(16)11(15)6(7)3-4-22-10-5-9(13(18)21)19-20-12(10)17/h1-2,5H,3-4H2,(H2,17,20)(H2,18,21). The van der Waals surface area contributed by atoms with E-state index in [1.807, 2.05) is 0 Å². The number of nitrogens with zero attached hydrogens (tertiary/aromatic N) is 2. The van der Waals surface area contributed by atoms with Crippen molar-refractivity contribution in [1.82, 2.24) is 10.2 Å². The molecule has 9 heteroatoms. The number of nitrogen functional groups attached to an aromatic ring is 1. The number of hydrogen-bond donors (Lipinski definition) is 2. The monoisotopic (exact) mass is 344 g/mol. The first-order chi connectivity index (χ1) is 10.4. The molecule has 0 bridgehead atoms. The SMILES string of the molecule is NC(=O)c1cc(OCCc2c(Cl)ccc(F)c2Cl)c(N)nn1. The van der Waals surface area contributed by atoms with Gasteiger partial charge in [0.2, 0.25) is 0 Å². The molecule has 0 unspecified atom stereocenters. The number of amides is 1. The van der Waals surface area contributed by atoms with Crippen LogP contribution in [0, 0.1) is 5.82 Å². The summed E-state index contributed by atoms with van der Waals surface area (Å²) < 4.78 is 18.8. The number of carbonyl (C=O) groups excluding carboxylic acids is 1. The van der Waals surface area contributed by atoms with E-state index in [0.29, 0.717) is 10.6 Å². The number of benzene rings is 1. The zero-order valence-corrected chi connectivity index (χ0v) is 12.7. The molecule has 0 aliphatic carbocycles. The molecule has 1 amide bonds. The van der Waals surface area contributed by atoms with Gasteiger partial charge in [-0.3, -0.25) is 4.79 Å². The molecule has 2 aromatic rings. The molecule has 0 saturated heterocycles.